The highest BCUT2D eigenvalue weighted by atomic mass is 32.1. The van der Waals surface area contributed by atoms with Crippen LogP contribution in [-0.2, 0) is 5.41 Å². The molecule has 0 bridgehead atoms. The molecule has 1 rings (SSSR count). The zero-order valence-corrected chi connectivity index (χ0v) is 13.6. The van der Waals surface area contributed by atoms with Crippen molar-refractivity contribution in [1.82, 2.24) is 4.90 Å². The molecule has 108 valence electrons. The Morgan fingerprint density at radius 3 is 2.32 bits per heavy atom. The second-order valence-corrected chi connectivity index (χ2v) is 6.43. The van der Waals surface area contributed by atoms with Crippen LogP contribution >= 0.6 is 12.2 Å². The van der Waals surface area contributed by atoms with Gasteiger partial charge in [0.15, 0.2) is 0 Å². The number of nitrogens with zero attached hydrogens (tertiary/aromatic N) is 1. The third kappa shape index (κ3) is 3.86. The molecular formula is C15H26N2OS. The Bertz CT molecular complexity index is 481. The van der Waals surface area contributed by atoms with E-state index in [2.05, 4.69) is 44.8 Å². The lowest BCUT2D eigenvalue weighted by atomic mass is 9.83. The van der Waals surface area contributed by atoms with Gasteiger partial charge >= 0.3 is 0 Å². The number of hydrogen-bond acceptors (Lipinski definition) is 4. The number of likely N-dealkylation sites (N-methyl/N-ethyl adjacent to an activating group) is 1. The number of anilines is 1. The molecule has 19 heavy (non-hydrogen) atoms. The third-order valence-electron chi connectivity index (χ3n) is 3.38. The van der Waals surface area contributed by atoms with Crippen molar-refractivity contribution in [2.75, 3.05) is 31.5 Å². The van der Waals surface area contributed by atoms with E-state index in [-0.39, 0.29) is 10.8 Å². The molecule has 0 radical (unpaired) electrons. The van der Waals surface area contributed by atoms with Gasteiger partial charge in [0.05, 0.1) is 10.2 Å². The van der Waals surface area contributed by atoms with E-state index in [9.17, 15) is 4.79 Å². The monoisotopic (exact) mass is 282 g/mol. The summed E-state index contributed by atoms with van der Waals surface area (Å²) in [7, 11) is 0. The summed E-state index contributed by atoms with van der Waals surface area (Å²) in [6, 6.07) is 0. The van der Waals surface area contributed by atoms with Gasteiger partial charge in [-0.05, 0) is 24.9 Å². The molecule has 0 saturated carbocycles. The van der Waals surface area contributed by atoms with Gasteiger partial charge in [-0.15, -0.1) is 0 Å². The lowest BCUT2D eigenvalue weighted by molar-refractivity contribution is 0.300. The summed E-state index contributed by atoms with van der Waals surface area (Å²) in [5, 5.41) is 3.28. The second-order valence-electron chi connectivity index (χ2n) is 6.02. The van der Waals surface area contributed by atoms with Crippen LogP contribution in [0.2, 0.25) is 0 Å². The van der Waals surface area contributed by atoms with Crippen molar-refractivity contribution in [2.45, 2.75) is 46.5 Å². The van der Waals surface area contributed by atoms with Crippen molar-refractivity contribution >= 4 is 17.9 Å². The van der Waals surface area contributed by atoms with Crippen LogP contribution in [0.25, 0.3) is 0 Å². The molecule has 0 spiro atoms. The maximum Gasteiger partial charge on any atom is 0.220 e. The molecule has 0 heterocycles. The summed E-state index contributed by atoms with van der Waals surface area (Å²) >= 11 is 5.16. The molecule has 1 N–H and O–H groups in total. The molecule has 0 aliphatic rings. The first-order valence-electron chi connectivity index (χ1n) is 7.12. The van der Waals surface area contributed by atoms with Crippen molar-refractivity contribution in [2.24, 2.45) is 0 Å². The number of rotatable bonds is 7. The highest BCUT2D eigenvalue weighted by molar-refractivity contribution is 7.71. The minimum atomic E-state index is -0.0544. The lowest BCUT2D eigenvalue weighted by Crippen LogP contribution is -2.33. The van der Waals surface area contributed by atoms with E-state index in [1.807, 2.05) is 0 Å². The van der Waals surface area contributed by atoms with Crippen LogP contribution in [0.15, 0.2) is 4.79 Å². The van der Waals surface area contributed by atoms with Gasteiger partial charge in [-0.1, -0.05) is 46.8 Å². The van der Waals surface area contributed by atoms with Crippen molar-refractivity contribution in [3.63, 3.8) is 0 Å². The van der Waals surface area contributed by atoms with Gasteiger partial charge in [0.25, 0.3) is 0 Å². The fourth-order valence-electron chi connectivity index (χ4n) is 2.36. The molecule has 3 nitrogen and oxygen atoms in total. The Kier molecular flexibility index (Phi) is 5.68. The highest BCUT2D eigenvalue weighted by Crippen LogP contribution is 2.30. The fraction of sp³-hybridized carbons (Fsp3) is 0.733. The normalized spacial score (nSPS) is 12.3. The van der Waals surface area contributed by atoms with Crippen LogP contribution in [-0.4, -0.2) is 31.1 Å². The average molecular weight is 282 g/mol. The Balaban J connectivity index is 2.63. The van der Waals surface area contributed by atoms with E-state index in [1.54, 1.807) is 0 Å². The third-order valence-corrected chi connectivity index (χ3v) is 3.77. The lowest BCUT2D eigenvalue weighted by Gasteiger charge is -2.26. The van der Waals surface area contributed by atoms with Crippen molar-refractivity contribution < 1.29 is 0 Å². The van der Waals surface area contributed by atoms with Crippen LogP contribution in [0.5, 0.6) is 0 Å². The summed E-state index contributed by atoms with van der Waals surface area (Å²) in [4.78, 5) is 14.2. The number of nitrogens with one attached hydrogen (secondary N) is 1. The molecule has 0 amide bonds. The van der Waals surface area contributed by atoms with Gasteiger partial charge < -0.3 is 10.2 Å². The first kappa shape index (κ1) is 16.3. The molecule has 0 atom stereocenters. The van der Waals surface area contributed by atoms with Crippen LogP contribution in [0.4, 0.5) is 5.69 Å². The first-order chi connectivity index (χ1) is 8.82. The minimum Gasteiger partial charge on any atom is -0.380 e. The van der Waals surface area contributed by atoms with Gasteiger partial charge in [0, 0.05) is 18.7 Å². The van der Waals surface area contributed by atoms with Gasteiger partial charge in [0.1, 0.15) is 0 Å². The van der Waals surface area contributed by atoms with Crippen LogP contribution in [0.3, 0.4) is 0 Å². The van der Waals surface area contributed by atoms with Crippen LogP contribution in [0, 0.1) is 4.51 Å². The first-order valence-corrected chi connectivity index (χ1v) is 7.53. The van der Waals surface area contributed by atoms with Gasteiger partial charge in [-0.2, -0.15) is 0 Å². The predicted molar refractivity (Wildman–Crippen MR) is 85.5 cm³/mol. The summed E-state index contributed by atoms with van der Waals surface area (Å²) in [5.41, 5.74) is 1.72. The predicted octanol–water partition coefficient (Wildman–Crippen LogP) is 3.09. The molecule has 1 aromatic carbocycles. The zero-order chi connectivity index (χ0) is 14.6. The van der Waals surface area contributed by atoms with E-state index in [0.29, 0.717) is 4.51 Å². The van der Waals surface area contributed by atoms with Crippen LogP contribution in [0.1, 0.15) is 46.6 Å². The molecule has 0 fully saturated rings. The molecular weight excluding hydrogens is 256 g/mol. The van der Waals surface area contributed by atoms with Crippen molar-refractivity contribution in [1.29, 1.82) is 0 Å². The Morgan fingerprint density at radius 1 is 1.21 bits per heavy atom. The molecule has 1 aromatic rings. The molecule has 0 aliphatic heterocycles. The average Bonchev–Trinajstić information content (AvgIpc) is 2.34. The van der Waals surface area contributed by atoms with Gasteiger partial charge in [0.2, 0.25) is 5.43 Å². The summed E-state index contributed by atoms with van der Waals surface area (Å²) in [5.74, 6) is 0. The molecule has 0 saturated heterocycles. The SMILES string of the molecule is CCCN(CC)CCNc1c(C(C)(C)C)c(=S)c1=O. The van der Waals surface area contributed by atoms with Crippen molar-refractivity contribution in [3.05, 3.63) is 20.3 Å². The quantitative estimate of drug-likeness (QED) is 0.779. The van der Waals surface area contributed by atoms with Gasteiger partial charge in [-0.3, -0.25) is 4.79 Å². The largest absolute Gasteiger partial charge is 0.380 e. The molecule has 0 aromatic heterocycles. The molecule has 0 aliphatic carbocycles. The number of hydrogen-bond donors (Lipinski definition) is 1. The fourth-order valence-corrected chi connectivity index (χ4v) is 2.87. The zero-order valence-electron chi connectivity index (χ0n) is 12.8. The van der Waals surface area contributed by atoms with E-state index >= 15 is 0 Å². The standard InChI is InChI=1S/C15H26N2OS/c1-6-9-17(7-2)10-8-16-12-11(15(3,4)5)14(19)13(12)18/h16H,6-10H2,1-5H3. The summed E-state index contributed by atoms with van der Waals surface area (Å²) in [6.45, 7) is 14.6. The van der Waals surface area contributed by atoms with E-state index in [4.69, 9.17) is 12.2 Å². The van der Waals surface area contributed by atoms with E-state index in [1.165, 1.54) is 0 Å². The smallest absolute Gasteiger partial charge is 0.220 e. The highest BCUT2D eigenvalue weighted by Gasteiger charge is 2.27. The summed E-state index contributed by atoms with van der Waals surface area (Å²) in [6.07, 6.45) is 1.16. The van der Waals surface area contributed by atoms with Crippen LogP contribution < -0.4 is 10.7 Å². The maximum absolute atomic E-state index is 11.8. The van der Waals surface area contributed by atoms with Gasteiger partial charge in [-0.25, -0.2) is 0 Å². The molecule has 0 unspecified atom stereocenters. The second kappa shape index (κ2) is 6.62. The minimum absolute atomic E-state index is 0.0125. The Labute approximate surface area is 121 Å². The van der Waals surface area contributed by atoms with E-state index < -0.39 is 0 Å². The summed E-state index contributed by atoms with van der Waals surface area (Å²) < 4.78 is 0.510. The van der Waals surface area contributed by atoms with E-state index in [0.717, 1.165) is 43.9 Å². The van der Waals surface area contributed by atoms with Crippen molar-refractivity contribution in [3.8, 4) is 0 Å². The maximum atomic E-state index is 11.8. The topological polar surface area (TPSA) is 32.3 Å². The molecule has 4 heteroatoms. The Morgan fingerprint density at radius 2 is 1.84 bits per heavy atom. The Hall–Kier alpha value is -0.740.